The van der Waals surface area contributed by atoms with E-state index in [0.717, 1.165) is 11.1 Å². The van der Waals surface area contributed by atoms with E-state index < -0.39 is 5.82 Å². The summed E-state index contributed by atoms with van der Waals surface area (Å²) in [5, 5.41) is 0. The third kappa shape index (κ3) is 2.87. The lowest BCUT2D eigenvalue weighted by atomic mass is 10.0. The van der Waals surface area contributed by atoms with Gasteiger partial charge in [-0.15, -0.1) is 0 Å². The van der Waals surface area contributed by atoms with Gasteiger partial charge >= 0.3 is 0 Å². The predicted octanol–water partition coefficient (Wildman–Crippen LogP) is 4.86. The third-order valence-corrected chi connectivity index (χ3v) is 3.14. The second-order valence-electron chi connectivity index (χ2n) is 5.07. The summed E-state index contributed by atoms with van der Waals surface area (Å²) >= 11 is 0. The Morgan fingerprint density at radius 3 is 2.55 bits per heavy atom. The highest BCUT2D eigenvalue weighted by Gasteiger charge is 2.13. The van der Waals surface area contributed by atoms with Crippen molar-refractivity contribution in [2.75, 3.05) is 0 Å². The van der Waals surface area contributed by atoms with E-state index in [2.05, 4.69) is 13.8 Å². The van der Waals surface area contributed by atoms with Crippen molar-refractivity contribution in [3.05, 3.63) is 58.9 Å². The number of hydrogen-bond acceptors (Lipinski definition) is 2. The molecule has 20 heavy (non-hydrogen) atoms. The molecule has 0 saturated carbocycles. The number of carbonyl (C=O) groups excluding carboxylic acids is 1. The predicted molar refractivity (Wildman–Crippen MR) is 77.1 cm³/mol. The van der Waals surface area contributed by atoms with E-state index in [1.165, 1.54) is 12.1 Å². The molecule has 104 valence electrons. The highest BCUT2D eigenvalue weighted by atomic mass is 19.1. The van der Waals surface area contributed by atoms with E-state index in [9.17, 15) is 9.18 Å². The van der Waals surface area contributed by atoms with Crippen molar-refractivity contribution in [3.63, 3.8) is 0 Å². The summed E-state index contributed by atoms with van der Waals surface area (Å²) in [6.45, 7) is 6.08. The Morgan fingerprint density at radius 2 is 1.90 bits per heavy atom. The lowest BCUT2D eigenvalue weighted by Gasteiger charge is -2.15. The van der Waals surface area contributed by atoms with E-state index in [1.54, 1.807) is 6.07 Å². The number of carbonyl (C=O) groups is 1. The first-order valence-corrected chi connectivity index (χ1v) is 6.55. The van der Waals surface area contributed by atoms with Crippen LogP contribution in [0.15, 0.2) is 36.4 Å². The first kappa shape index (κ1) is 14.3. The van der Waals surface area contributed by atoms with Gasteiger partial charge in [0.15, 0.2) is 6.29 Å². The standard InChI is InChI=1S/C17H17FO2/c1-11(2)13-8-7-12(3)9-17(13)20-16-6-4-5-15(18)14(16)10-19/h4-11H,1-3H3. The van der Waals surface area contributed by atoms with Gasteiger partial charge in [0.05, 0.1) is 5.56 Å². The lowest BCUT2D eigenvalue weighted by molar-refractivity contribution is 0.111. The van der Waals surface area contributed by atoms with Crippen LogP contribution in [-0.2, 0) is 0 Å². The van der Waals surface area contributed by atoms with Crippen LogP contribution in [0.5, 0.6) is 11.5 Å². The van der Waals surface area contributed by atoms with Crippen molar-refractivity contribution in [2.24, 2.45) is 0 Å². The topological polar surface area (TPSA) is 26.3 Å². The molecule has 0 aliphatic heterocycles. The second kappa shape index (κ2) is 5.87. The molecule has 0 spiro atoms. The van der Waals surface area contributed by atoms with Gasteiger partial charge < -0.3 is 4.74 Å². The van der Waals surface area contributed by atoms with Gasteiger partial charge in [-0.1, -0.05) is 32.0 Å². The molecule has 2 aromatic carbocycles. The van der Waals surface area contributed by atoms with Crippen LogP contribution in [0, 0.1) is 12.7 Å². The van der Waals surface area contributed by atoms with Crippen LogP contribution in [0.3, 0.4) is 0 Å². The molecule has 0 unspecified atom stereocenters. The van der Waals surface area contributed by atoms with Crippen molar-refractivity contribution >= 4 is 6.29 Å². The second-order valence-corrected chi connectivity index (χ2v) is 5.07. The first-order chi connectivity index (χ1) is 9.52. The van der Waals surface area contributed by atoms with Gasteiger partial charge in [-0.25, -0.2) is 4.39 Å². The molecule has 0 fully saturated rings. The Balaban J connectivity index is 2.47. The van der Waals surface area contributed by atoms with Gasteiger partial charge in [0.1, 0.15) is 17.3 Å². The number of hydrogen-bond donors (Lipinski definition) is 0. The van der Waals surface area contributed by atoms with Crippen LogP contribution in [-0.4, -0.2) is 6.29 Å². The number of rotatable bonds is 4. The molecule has 0 aliphatic carbocycles. The maximum atomic E-state index is 13.6. The van der Waals surface area contributed by atoms with Crippen molar-refractivity contribution in [3.8, 4) is 11.5 Å². The lowest BCUT2D eigenvalue weighted by Crippen LogP contribution is -1.98. The fourth-order valence-electron chi connectivity index (χ4n) is 2.05. The molecule has 2 rings (SSSR count). The summed E-state index contributed by atoms with van der Waals surface area (Å²) in [6.07, 6.45) is 0.482. The quantitative estimate of drug-likeness (QED) is 0.743. The van der Waals surface area contributed by atoms with Gasteiger partial charge in [-0.2, -0.15) is 0 Å². The fourth-order valence-corrected chi connectivity index (χ4v) is 2.05. The highest BCUT2D eigenvalue weighted by Crippen LogP contribution is 2.33. The van der Waals surface area contributed by atoms with Gasteiger partial charge in [0.2, 0.25) is 0 Å². The Bertz CT molecular complexity index is 633. The molecular weight excluding hydrogens is 255 g/mol. The molecular formula is C17H17FO2. The monoisotopic (exact) mass is 272 g/mol. The van der Waals surface area contributed by atoms with Crippen molar-refractivity contribution in [1.82, 2.24) is 0 Å². The average molecular weight is 272 g/mol. The van der Waals surface area contributed by atoms with Gasteiger partial charge in [-0.05, 0) is 42.2 Å². The van der Waals surface area contributed by atoms with Gasteiger partial charge in [-0.3, -0.25) is 4.79 Å². The molecule has 0 heterocycles. The normalized spacial score (nSPS) is 10.7. The summed E-state index contributed by atoms with van der Waals surface area (Å²) in [6, 6.07) is 10.3. The SMILES string of the molecule is Cc1ccc(C(C)C)c(Oc2cccc(F)c2C=O)c1. The van der Waals surface area contributed by atoms with Crippen molar-refractivity contribution in [2.45, 2.75) is 26.7 Å². The maximum Gasteiger partial charge on any atom is 0.156 e. The Labute approximate surface area is 118 Å². The number of aldehydes is 1. The zero-order chi connectivity index (χ0) is 14.7. The number of aryl methyl sites for hydroxylation is 1. The smallest absolute Gasteiger partial charge is 0.156 e. The minimum atomic E-state index is -0.573. The van der Waals surface area contributed by atoms with E-state index in [0.29, 0.717) is 12.0 Å². The Kier molecular flexibility index (Phi) is 4.18. The number of ether oxygens (including phenoxy) is 1. The van der Waals surface area contributed by atoms with Crippen LogP contribution in [0.4, 0.5) is 4.39 Å². The maximum absolute atomic E-state index is 13.6. The van der Waals surface area contributed by atoms with Gasteiger partial charge in [0.25, 0.3) is 0 Å². The van der Waals surface area contributed by atoms with Crippen LogP contribution in [0.1, 0.15) is 41.3 Å². The van der Waals surface area contributed by atoms with E-state index in [1.807, 2.05) is 25.1 Å². The van der Waals surface area contributed by atoms with E-state index in [-0.39, 0.29) is 17.2 Å². The summed E-state index contributed by atoms with van der Waals surface area (Å²) in [5.74, 6) is 0.608. The van der Waals surface area contributed by atoms with Crippen LogP contribution < -0.4 is 4.74 Å². The summed E-state index contributed by atoms with van der Waals surface area (Å²) in [7, 11) is 0. The molecule has 0 saturated heterocycles. The third-order valence-electron chi connectivity index (χ3n) is 3.14. The van der Waals surface area contributed by atoms with E-state index in [4.69, 9.17) is 4.74 Å². The van der Waals surface area contributed by atoms with Crippen LogP contribution in [0.25, 0.3) is 0 Å². The first-order valence-electron chi connectivity index (χ1n) is 6.55. The summed E-state index contributed by atoms with van der Waals surface area (Å²) in [4.78, 5) is 11.0. The van der Waals surface area contributed by atoms with Crippen LogP contribution in [0.2, 0.25) is 0 Å². The van der Waals surface area contributed by atoms with Gasteiger partial charge in [0, 0.05) is 0 Å². The van der Waals surface area contributed by atoms with Crippen LogP contribution >= 0.6 is 0 Å². The molecule has 0 aromatic heterocycles. The zero-order valence-electron chi connectivity index (χ0n) is 11.8. The molecule has 0 radical (unpaired) electrons. The van der Waals surface area contributed by atoms with Crippen molar-refractivity contribution < 1.29 is 13.9 Å². The minimum absolute atomic E-state index is 0.0521. The average Bonchev–Trinajstić information content (AvgIpc) is 2.38. The molecule has 3 heteroatoms. The summed E-state index contributed by atoms with van der Waals surface area (Å²) in [5.41, 5.74) is 2.02. The molecule has 0 amide bonds. The molecule has 2 aromatic rings. The Hall–Kier alpha value is -2.16. The molecule has 0 bridgehead atoms. The minimum Gasteiger partial charge on any atom is -0.456 e. The number of halogens is 1. The Morgan fingerprint density at radius 1 is 1.15 bits per heavy atom. The molecule has 0 atom stereocenters. The molecule has 2 nitrogen and oxygen atoms in total. The zero-order valence-corrected chi connectivity index (χ0v) is 11.8. The molecule has 0 N–H and O–H groups in total. The summed E-state index contributed by atoms with van der Waals surface area (Å²) < 4.78 is 19.4. The highest BCUT2D eigenvalue weighted by molar-refractivity contribution is 5.79. The largest absolute Gasteiger partial charge is 0.456 e. The van der Waals surface area contributed by atoms with Crippen molar-refractivity contribution in [1.29, 1.82) is 0 Å². The number of benzene rings is 2. The van der Waals surface area contributed by atoms with E-state index >= 15 is 0 Å². The fraction of sp³-hybridized carbons (Fsp3) is 0.235. The molecule has 0 aliphatic rings.